The van der Waals surface area contributed by atoms with E-state index in [4.69, 9.17) is 19.9 Å². The van der Waals surface area contributed by atoms with Crippen LogP contribution in [0, 0.1) is 3.57 Å². The molecule has 1 atom stereocenters. The van der Waals surface area contributed by atoms with Gasteiger partial charge in [0.2, 0.25) is 0 Å². The van der Waals surface area contributed by atoms with E-state index in [0.717, 1.165) is 9.13 Å². The first-order valence-corrected chi connectivity index (χ1v) is 6.50. The van der Waals surface area contributed by atoms with E-state index in [1.165, 1.54) is 0 Å². The number of primary amides is 1. The third kappa shape index (κ3) is 5.19. The van der Waals surface area contributed by atoms with Crippen molar-refractivity contribution in [3.05, 3.63) is 33.4 Å². The third-order valence-electron chi connectivity index (χ3n) is 2.24. The summed E-state index contributed by atoms with van der Waals surface area (Å²) in [5, 5.41) is 0. The van der Waals surface area contributed by atoms with Crippen molar-refractivity contribution in [1.29, 1.82) is 0 Å². The number of amides is 1. The molecule has 0 heterocycles. The van der Waals surface area contributed by atoms with E-state index < -0.39 is 12.2 Å². The average molecular weight is 365 g/mol. The van der Waals surface area contributed by atoms with Gasteiger partial charge in [0.05, 0.1) is 6.61 Å². The lowest BCUT2D eigenvalue weighted by atomic mass is 10.1. The van der Waals surface area contributed by atoms with E-state index in [2.05, 4.69) is 22.6 Å². The van der Waals surface area contributed by atoms with E-state index in [9.17, 15) is 4.79 Å². The van der Waals surface area contributed by atoms with Gasteiger partial charge in [-0.1, -0.05) is 18.2 Å². The summed E-state index contributed by atoms with van der Waals surface area (Å²) in [5.41, 5.74) is 6.01. The van der Waals surface area contributed by atoms with Crippen LogP contribution in [0.25, 0.3) is 0 Å². The number of carbonyl (C=O) groups is 1. The van der Waals surface area contributed by atoms with Gasteiger partial charge in [0.25, 0.3) is 0 Å². The molecule has 0 spiro atoms. The van der Waals surface area contributed by atoms with Gasteiger partial charge in [-0.25, -0.2) is 4.79 Å². The molecule has 0 aromatic heterocycles. The highest BCUT2D eigenvalue weighted by Crippen LogP contribution is 2.25. The van der Waals surface area contributed by atoms with Crippen molar-refractivity contribution in [2.24, 2.45) is 5.73 Å². The van der Waals surface area contributed by atoms with E-state index in [1.54, 1.807) is 7.11 Å². The number of carbonyl (C=O) groups excluding carboxylic acids is 1. The number of ether oxygens (including phenoxy) is 3. The summed E-state index contributed by atoms with van der Waals surface area (Å²) in [6.45, 7) is 0.645. The lowest BCUT2D eigenvalue weighted by Gasteiger charge is -2.18. The fraction of sp³-hybridized carbons (Fsp3) is 0.417. The van der Waals surface area contributed by atoms with Gasteiger partial charge >= 0.3 is 6.09 Å². The van der Waals surface area contributed by atoms with Gasteiger partial charge in [-0.05, 0) is 28.7 Å². The minimum absolute atomic E-state index is 0.217. The van der Waals surface area contributed by atoms with Crippen LogP contribution in [0.15, 0.2) is 24.3 Å². The minimum atomic E-state index is -0.786. The summed E-state index contributed by atoms with van der Waals surface area (Å²) in [6, 6.07) is 7.67. The molecule has 5 nitrogen and oxygen atoms in total. The summed E-state index contributed by atoms with van der Waals surface area (Å²) in [6.07, 6.45) is -0.648. The van der Waals surface area contributed by atoms with E-state index in [-0.39, 0.29) is 6.79 Å². The number of methoxy groups -OCH3 is 1. The topological polar surface area (TPSA) is 70.8 Å². The summed E-state index contributed by atoms with van der Waals surface area (Å²) in [5.74, 6) is 0. The normalized spacial score (nSPS) is 12.1. The van der Waals surface area contributed by atoms with Gasteiger partial charge in [-0.2, -0.15) is 0 Å². The Morgan fingerprint density at radius 2 is 2.17 bits per heavy atom. The first-order valence-electron chi connectivity index (χ1n) is 5.42. The van der Waals surface area contributed by atoms with E-state index in [1.807, 2.05) is 24.3 Å². The second kappa shape index (κ2) is 8.28. The van der Waals surface area contributed by atoms with Crippen LogP contribution in [-0.4, -0.2) is 26.6 Å². The van der Waals surface area contributed by atoms with Crippen LogP contribution in [0.3, 0.4) is 0 Å². The zero-order valence-corrected chi connectivity index (χ0v) is 12.3. The molecule has 1 aromatic carbocycles. The molecule has 0 unspecified atom stereocenters. The zero-order chi connectivity index (χ0) is 13.4. The fourth-order valence-electron chi connectivity index (χ4n) is 1.49. The summed E-state index contributed by atoms with van der Waals surface area (Å²) >= 11 is 2.19. The molecule has 0 saturated carbocycles. The van der Waals surface area contributed by atoms with E-state index >= 15 is 0 Å². The molecule has 2 N–H and O–H groups in total. The number of halogens is 1. The molecule has 18 heavy (non-hydrogen) atoms. The van der Waals surface area contributed by atoms with Crippen LogP contribution in [0.1, 0.15) is 18.1 Å². The highest BCUT2D eigenvalue weighted by atomic mass is 127. The Kier molecular flexibility index (Phi) is 6.99. The smallest absolute Gasteiger partial charge is 0.405 e. The highest BCUT2D eigenvalue weighted by Gasteiger charge is 2.17. The lowest BCUT2D eigenvalue weighted by Crippen LogP contribution is -2.19. The summed E-state index contributed by atoms with van der Waals surface area (Å²) < 4.78 is 16.1. The number of hydrogen-bond acceptors (Lipinski definition) is 4. The molecule has 0 radical (unpaired) electrons. The number of rotatable bonds is 7. The molecule has 0 aliphatic heterocycles. The second-order valence-electron chi connectivity index (χ2n) is 3.55. The molecule has 0 aliphatic rings. The summed E-state index contributed by atoms with van der Waals surface area (Å²) in [7, 11) is 1.55. The molecular weight excluding hydrogens is 349 g/mol. The average Bonchev–Trinajstić information content (AvgIpc) is 2.33. The van der Waals surface area contributed by atoms with Gasteiger partial charge < -0.3 is 19.9 Å². The first kappa shape index (κ1) is 15.2. The number of hydrogen-bond donors (Lipinski definition) is 1. The van der Waals surface area contributed by atoms with Crippen LogP contribution in [0.5, 0.6) is 0 Å². The molecule has 0 aliphatic carbocycles. The van der Waals surface area contributed by atoms with Gasteiger partial charge in [-0.15, -0.1) is 0 Å². The Morgan fingerprint density at radius 3 is 2.78 bits per heavy atom. The van der Waals surface area contributed by atoms with Crippen molar-refractivity contribution >= 4 is 28.7 Å². The third-order valence-corrected chi connectivity index (χ3v) is 3.22. The van der Waals surface area contributed by atoms with Crippen LogP contribution >= 0.6 is 22.6 Å². The van der Waals surface area contributed by atoms with Gasteiger partial charge in [-0.3, -0.25) is 0 Å². The van der Waals surface area contributed by atoms with Crippen LogP contribution in [-0.2, 0) is 14.2 Å². The molecular formula is C12H16INO4. The Hall–Kier alpha value is -0.860. The lowest BCUT2D eigenvalue weighted by molar-refractivity contribution is -0.0408. The largest absolute Gasteiger partial charge is 0.441 e. The first-order chi connectivity index (χ1) is 8.65. The van der Waals surface area contributed by atoms with Crippen molar-refractivity contribution in [1.82, 2.24) is 0 Å². The Labute approximate surface area is 120 Å². The maximum absolute atomic E-state index is 10.9. The summed E-state index contributed by atoms with van der Waals surface area (Å²) in [4.78, 5) is 10.9. The SMILES string of the molecule is COCOCC[C@H](OC(N)=O)c1ccccc1I. The Balaban J connectivity index is 2.66. The molecule has 1 aromatic rings. The Morgan fingerprint density at radius 1 is 1.44 bits per heavy atom. The van der Waals surface area contributed by atoms with Crippen molar-refractivity contribution in [3.8, 4) is 0 Å². The molecule has 6 heteroatoms. The van der Waals surface area contributed by atoms with Gasteiger partial charge in [0.15, 0.2) is 0 Å². The molecule has 1 rings (SSSR count). The minimum Gasteiger partial charge on any atom is -0.441 e. The number of benzene rings is 1. The molecule has 100 valence electrons. The molecule has 0 fully saturated rings. The van der Waals surface area contributed by atoms with Crippen molar-refractivity contribution in [2.45, 2.75) is 12.5 Å². The van der Waals surface area contributed by atoms with E-state index in [0.29, 0.717) is 13.0 Å². The molecule has 0 bridgehead atoms. The van der Waals surface area contributed by atoms with Gasteiger partial charge in [0, 0.05) is 22.7 Å². The molecule has 0 saturated heterocycles. The number of nitrogens with two attached hydrogens (primary N) is 1. The van der Waals surface area contributed by atoms with Crippen LogP contribution in [0.2, 0.25) is 0 Å². The molecule has 1 amide bonds. The Bertz CT molecular complexity index is 386. The zero-order valence-electron chi connectivity index (χ0n) is 10.1. The maximum Gasteiger partial charge on any atom is 0.405 e. The van der Waals surface area contributed by atoms with Crippen molar-refractivity contribution < 1.29 is 19.0 Å². The fourth-order valence-corrected chi connectivity index (χ4v) is 2.22. The van der Waals surface area contributed by atoms with Crippen molar-refractivity contribution in [3.63, 3.8) is 0 Å². The van der Waals surface area contributed by atoms with Crippen LogP contribution < -0.4 is 5.73 Å². The highest BCUT2D eigenvalue weighted by molar-refractivity contribution is 14.1. The van der Waals surface area contributed by atoms with Crippen molar-refractivity contribution in [2.75, 3.05) is 20.5 Å². The quantitative estimate of drug-likeness (QED) is 0.458. The predicted octanol–water partition coefficient (Wildman–Crippen LogP) is 2.44. The predicted molar refractivity (Wildman–Crippen MR) is 75.0 cm³/mol. The van der Waals surface area contributed by atoms with Crippen LogP contribution in [0.4, 0.5) is 4.79 Å². The monoisotopic (exact) mass is 365 g/mol. The standard InChI is InChI=1S/C12H16INO4/c1-16-8-17-7-6-11(18-12(14)15)9-4-2-3-5-10(9)13/h2-5,11H,6-8H2,1H3,(H2,14,15)/t11-/m0/s1. The maximum atomic E-state index is 10.9. The second-order valence-corrected chi connectivity index (χ2v) is 4.71. The van der Waals surface area contributed by atoms with Gasteiger partial charge in [0.1, 0.15) is 12.9 Å².